The van der Waals surface area contributed by atoms with E-state index in [9.17, 15) is 9.90 Å². The molecule has 2 aliphatic heterocycles. The minimum atomic E-state index is -1.15. The summed E-state index contributed by atoms with van der Waals surface area (Å²) in [5.74, 6) is -0.430. The second-order valence-electron chi connectivity index (χ2n) is 4.48. The zero-order valence-electron chi connectivity index (χ0n) is 9.76. The minimum absolute atomic E-state index is 0.0837. The van der Waals surface area contributed by atoms with Crippen LogP contribution in [-0.2, 0) is 9.63 Å². The van der Waals surface area contributed by atoms with E-state index in [4.69, 9.17) is 33.1 Å². The molecule has 2 saturated heterocycles. The van der Waals surface area contributed by atoms with Crippen molar-refractivity contribution in [3.63, 3.8) is 0 Å². The van der Waals surface area contributed by atoms with Crippen LogP contribution in [-0.4, -0.2) is 69.0 Å². The molecule has 104 valence electrons. The molecular weight excluding hydrogens is 283 g/mol. The molecule has 0 aliphatic carbocycles. The van der Waals surface area contributed by atoms with Gasteiger partial charge in [-0.05, 0) is 12.8 Å². The maximum Gasteiger partial charge on any atom is 0.257 e. The van der Waals surface area contributed by atoms with Crippen molar-refractivity contribution in [2.75, 3.05) is 26.3 Å². The third-order valence-electron chi connectivity index (χ3n) is 3.55. The molecule has 0 aromatic carbocycles. The fourth-order valence-electron chi connectivity index (χ4n) is 2.58. The summed E-state index contributed by atoms with van der Waals surface area (Å²) in [7, 11) is 0. The van der Waals surface area contributed by atoms with Crippen molar-refractivity contribution < 1.29 is 19.8 Å². The number of carbonyl (C=O) groups is 1. The molecule has 18 heavy (non-hydrogen) atoms. The van der Waals surface area contributed by atoms with Crippen LogP contribution in [0.4, 0.5) is 0 Å². The van der Waals surface area contributed by atoms with Crippen LogP contribution in [0.5, 0.6) is 0 Å². The lowest BCUT2D eigenvalue weighted by Crippen LogP contribution is -2.62. The van der Waals surface area contributed by atoms with E-state index in [2.05, 4.69) is 0 Å². The minimum Gasteiger partial charge on any atom is -0.394 e. The summed E-state index contributed by atoms with van der Waals surface area (Å²) in [5, 5.41) is 20.3. The molecule has 2 aliphatic rings. The number of aliphatic hydroxyl groups excluding tert-OH is 2. The standard InChI is InChI=1S/C10H16Cl2N2O4/c11-8(12)9(17)13-3-4-14-10(13,6-16)2-1-7(5-15)18-14/h7-8,15-16H,1-6H2. The smallest absolute Gasteiger partial charge is 0.257 e. The molecule has 0 bridgehead atoms. The molecule has 1 amide bonds. The molecule has 0 saturated carbocycles. The molecule has 2 unspecified atom stereocenters. The number of fused-ring (bicyclic) bond motifs is 1. The fraction of sp³-hybridized carbons (Fsp3) is 0.900. The van der Waals surface area contributed by atoms with Crippen LogP contribution >= 0.6 is 23.2 Å². The highest BCUT2D eigenvalue weighted by atomic mass is 35.5. The second kappa shape index (κ2) is 5.48. The van der Waals surface area contributed by atoms with Crippen molar-refractivity contribution >= 4 is 29.1 Å². The van der Waals surface area contributed by atoms with E-state index in [1.54, 1.807) is 5.06 Å². The van der Waals surface area contributed by atoms with Gasteiger partial charge in [0.15, 0.2) is 4.84 Å². The molecule has 2 N–H and O–H groups in total. The van der Waals surface area contributed by atoms with Crippen LogP contribution in [0, 0.1) is 0 Å². The zero-order valence-corrected chi connectivity index (χ0v) is 11.3. The zero-order chi connectivity index (χ0) is 13.3. The normalized spacial score (nSPS) is 32.9. The first-order valence-corrected chi connectivity index (χ1v) is 6.68. The summed E-state index contributed by atoms with van der Waals surface area (Å²) >= 11 is 11.2. The SMILES string of the molecule is O=C(C(Cl)Cl)N1CCN2OC(CO)CCC21CO. The molecule has 6 nitrogen and oxygen atoms in total. The van der Waals surface area contributed by atoms with Crippen LogP contribution in [0.2, 0.25) is 0 Å². The van der Waals surface area contributed by atoms with E-state index >= 15 is 0 Å². The third-order valence-corrected chi connectivity index (χ3v) is 3.92. The summed E-state index contributed by atoms with van der Waals surface area (Å²) in [6.45, 7) is 0.522. The molecule has 0 radical (unpaired) electrons. The molecule has 8 heteroatoms. The van der Waals surface area contributed by atoms with Crippen molar-refractivity contribution in [1.82, 2.24) is 9.96 Å². The maximum atomic E-state index is 11.9. The highest BCUT2D eigenvalue weighted by Crippen LogP contribution is 2.37. The van der Waals surface area contributed by atoms with Crippen LogP contribution < -0.4 is 0 Å². The molecule has 0 aromatic heterocycles. The van der Waals surface area contributed by atoms with E-state index < -0.39 is 16.4 Å². The first-order valence-electron chi connectivity index (χ1n) is 5.81. The van der Waals surface area contributed by atoms with Crippen LogP contribution in [0.1, 0.15) is 12.8 Å². The van der Waals surface area contributed by atoms with Gasteiger partial charge in [-0.25, -0.2) is 0 Å². The van der Waals surface area contributed by atoms with E-state index in [1.807, 2.05) is 0 Å². The highest BCUT2D eigenvalue weighted by molar-refractivity contribution is 6.53. The van der Waals surface area contributed by atoms with Gasteiger partial charge in [-0.3, -0.25) is 9.63 Å². The predicted molar refractivity (Wildman–Crippen MR) is 64.9 cm³/mol. The van der Waals surface area contributed by atoms with Crippen molar-refractivity contribution in [3.8, 4) is 0 Å². The molecule has 2 atom stereocenters. The van der Waals surface area contributed by atoms with Crippen molar-refractivity contribution in [1.29, 1.82) is 0 Å². The lowest BCUT2D eigenvalue weighted by molar-refractivity contribution is -0.297. The molecule has 2 fully saturated rings. The predicted octanol–water partition coefficient (Wildman–Crippen LogP) is -0.291. The topological polar surface area (TPSA) is 73.2 Å². The van der Waals surface area contributed by atoms with Crippen LogP contribution in [0.25, 0.3) is 0 Å². The first-order chi connectivity index (χ1) is 8.55. The average Bonchev–Trinajstić information content (AvgIpc) is 2.76. The van der Waals surface area contributed by atoms with Crippen molar-refractivity contribution in [2.24, 2.45) is 0 Å². The van der Waals surface area contributed by atoms with E-state index in [0.717, 1.165) is 0 Å². The summed E-state index contributed by atoms with van der Waals surface area (Å²) in [6, 6.07) is 0. The first kappa shape index (κ1) is 14.3. The van der Waals surface area contributed by atoms with Gasteiger partial charge in [0.25, 0.3) is 5.91 Å². The second-order valence-corrected chi connectivity index (χ2v) is 5.58. The van der Waals surface area contributed by atoms with E-state index in [1.165, 1.54) is 4.90 Å². The quantitative estimate of drug-likeness (QED) is 0.701. The Morgan fingerprint density at radius 1 is 1.44 bits per heavy atom. The van der Waals surface area contributed by atoms with Gasteiger partial charge >= 0.3 is 0 Å². The Balaban J connectivity index is 2.19. The largest absolute Gasteiger partial charge is 0.394 e. The van der Waals surface area contributed by atoms with E-state index in [-0.39, 0.29) is 19.3 Å². The number of rotatable bonds is 3. The number of halogens is 2. The third kappa shape index (κ3) is 2.21. The Hall–Kier alpha value is -0.110. The van der Waals surface area contributed by atoms with Gasteiger partial charge in [0.1, 0.15) is 11.8 Å². The van der Waals surface area contributed by atoms with Gasteiger partial charge in [-0.1, -0.05) is 23.2 Å². The maximum absolute atomic E-state index is 11.9. The molecule has 0 aromatic rings. The number of alkyl halides is 2. The van der Waals surface area contributed by atoms with Crippen molar-refractivity contribution in [2.45, 2.75) is 29.4 Å². The number of hydroxylamine groups is 2. The molecule has 2 rings (SSSR count). The summed E-state index contributed by atoms with van der Waals surface area (Å²) in [6.07, 6.45) is 0.788. The molecular formula is C10H16Cl2N2O4. The van der Waals surface area contributed by atoms with Gasteiger partial charge in [0, 0.05) is 13.1 Å². The number of hydrogen-bond acceptors (Lipinski definition) is 5. The molecule has 2 heterocycles. The van der Waals surface area contributed by atoms with Gasteiger partial charge < -0.3 is 15.1 Å². The summed E-state index contributed by atoms with van der Waals surface area (Å²) in [4.78, 5) is 17.8. The van der Waals surface area contributed by atoms with Gasteiger partial charge in [0.05, 0.1) is 13.2 Å². The Morgan fingerprint density at radius 2 is 2.17 bits per heavy atom. The highest BCUT2D eigenvalue weighted by Gasteiger charge is 2.53. The Labute approximate surface area is 115 Å². The number of amides is 1. The monoisotopic (exact) mass is 298 g/mol. The lowest BCUT2D eigenvalue weighted by atomic mass is 9.99. The number of nitrogens with zero attached hydrogens (tertiary/aromatic N) is 2. The summed E-state index contributed by atoms with van der Waals surface area (Å²) in [5.41, 5.74) is -0.898. The summed E-state index contributed by atoms with van der Waals surface area (Å²) < 4.78 is 0. The van der Waals surface area contributed by atoms with Gasteiger partial charge in [-0.15, -0.1) is 0 Å². The number of hydrogen-bond donors (Lipinski definition) is 2. The lowest BCUT2D eigenvalue weighted by Gasteiger charge is -2.46. The molecule has 0 spiro atoms. The van der Waals surface area contributed by atoms with Gasteiger partial charge in [0.2, 0.25) is 0 Å². The average molecular weight is 299 g/mol. The number of carbonyl (C=O) groups excluding carboxylic acids is 1. The Morgan fingerprint density at radius 3 is 2.72 bits per heavy atom. The number of aliphatic hydroxyl groups is 2. The fourth-order valence-corrected chi connectivity index (χ4v) is 2.81. The Kier molecular flexibility index (Phi) is 4.36. The Bertz CT molecular complexity index is 331. The van der Waals surface area contributed by atoms with Crippen LogP contribution in [0.3, 0.4) is 0 Å². The van der Waals surface area contributed by atoms with Gasteiger partial charge in [-0.2, -0.15) is 5.06 Å². The van der Waals surface area contributed by atoms with E-state index in [0.29, 0.717) is 25.9 Å². The van der Waals surface area contributed by atoms with Crippen molar-refractivity contribution in [3.05, 3.63) is 0 Å². The van der Waals surface area contributed by atoms with Crippen LogP contribution in [0.15, 0.2) is 0 Å².